The first-order valence-electron chi connectivity index (χ1n) is 7.63. The van der Waals surface area contributed by atoms with Crippen molar-refractivity contribution >= 4 is 16.6 Å². The van der Waals surface area contributed by atoms with E-state index in [4.69, 9.17) is 5.73 Å². The van der Waals surface area contributed by atoms with Crippen molar-refractivity contribution < 1.29 is 0 Å². The van der Waals surface area contributed by atoms with Gasteiger partial charge in [-0.15, -0.1) is 0 Å². The summed E-state index contributed by atoms with van der Waals surface area (Å²) in [7, 11) is 4.22. The van der Waals surface area contributed by atoms with Gasteiger partial charge in [0, 0.05) is 31.2 Å². The van der Waals surface area contributed by atoms with Gasteiger partial charge in [0.1, 0.15) is 5.82 Å². The van der Waals surface area contributed by atoms with Crippen LogP contribution < -0.4 is 10.6 Å². The van der Waals surface area contributed by atoms with Crippen LogP contribution in [0.4, 0.5) is 5.82 Å². The van der Waals surface area contributed by atoms with Gasteiger partial charge in [-0.1, -0.05) is 24.3 Å². The molecule has 1 heterocycles. The predicted octanol–water partition coefficient (Wildman–Crippen LogP) is 2.47. The molecule has 1 aromatic carbocycles. The standard InChI is InChI=1S/C17H26N4/c1-4-21(11-7-10-20(2)3)17-16-9-6-5-8-15(16)14(12-18)13-19-17/h5-6,8-9,13H,4,7,10-12,18H2,1-3H3. The quantitative estimate of drug-likeness (QED) is 0.849. The summed E-state index contributed by atoms with van der Waals surface area (Å²) in [6.45, 7) is 5.79. The van der Waals surface area contributed by atoms with E-state index in [1.165, 1.54) is 10.8 Å². The van der Waals surface area contributed by atoms with Crippen LogP contribution in [0.15, 0.2) is 30.5 Å². The Bertz CT molecular complexity index is 580. The summed E-state index contributed by atoms with van der Waals surface area (Å²) in [6.07, 6.45) is 3.06. The molecule has 0 aliphatic rings. The second-order valence-electron chi connectivity index (χ2n) is 5.59. The average molecular weight is 286 g/mol. The van der Waals surface area contributed by atoms with Crippen molar-refractivity contribution in [2.45, 2.75) is 19.9 Å². The average Bonchev–Trinajstić information content (AvgIpc) is 2.50. The van der Waals surface area contributed by atoms with E-state index < -0.39 is 0 Å². The molecule has 2 rings (SSSR count). The van der Waals surface area contributed by atoms with E-state index in [-0.39, 0.29) is 0 Å². The molecule has 0 saturated heterocycles. The first-order valence-corrected chi connectivity index (χ1v) is 7.63. The van der Waals surface area contributed by atoms with Crippen LogP contribution in [0.25, 0.3) is 10.8 Å². The molecular formula is C17H26N4. The topological polar surface area (TPSA) is 45.4 Å². The molecule has 2 aromatic rings. The number of benzene rings is 1. The van der Waals surface area contributed by atoms with Crippen molar-refractivity contribution in [1.82, 2.24) is 9.88 Å². The van der Waals surface area contributed by atoms with Crippen molar-refractivity contribution in [2.24, 2.45) is 5.73 Å². The molecule has 0 fully saturated rings. The maximum absolute atomic E-state index is 5.83. The number of pyridine rings is 1. The van der Waals surface area contributed by atoms with Gasteiger partial charge in [0.15, 0.2) is 0 Å². The van der Waals surface area contributed by atoms with Crippen molar-refractivity contribution in [2.75, 3.05) is 38.6 Å². The lowest BCUT2D eigenvalue weighted by atomic mass is 10.1. The third-order valence-electron chi connectivity index (χ3n) is 3.79. The van der Waals surface area contributed by atoms with Crippen LogP contribution in [0.5, 0.6) is 0 Å². The third kappa shape index (κ3) is 3.71. The Labute approximate surface area is 127 Å². The van der Waals surface area contributed by atoms with E-state index in [9.17, 15) is 0 Å². The highest BCUT2D eigenvalue weighted by Crippen LogP contribution is 2.27. The first-order chi connectivity index (χ1) is 10.2. The summed E-state index contributed by atoms with van der Waals surface area (Å²) < 4.78 is 0. The van der Waals surface area contributed by atoms with Gasteiger partial charge in [-0.25, -0.2) is 4.98 Å². The van der Waals surface area contributed by atoms with Gasteiger partial charge in [-0.2, -0.15) is 0 Å². The number of hydrogen-bond acceptors (Lipinski definition) is 4. The zero-order valence-corrected chi connectivity index (χ0v) is 13.3. The largest absolute Gasteiger partial charge is 0.356 e. The van der Waals surface area contributed by atoms with E-state index in [1.54, 1.807) is 0 Å². The summed E-state index contributed by atoms with van der Waals surface area (Å²) in [5.74, 6) is 1.07. The normalized spacial score (nSPS) is 11.3. The number of nitrogens with zero attached hydrogens (tertiary/aromatic N) is 3. The fourth-order valence-corrected chi connectivity index (χ4v) is 2.64. The van der Waals surface area contributed by atoms with Crippen LogP contribution in [0, 0.1) is 0 Å². The van der Waals surface area contributed by atoms with Crippen molar-refractivity contribution in [3.05, 3.63) is 36.0 Å². The number of hydrogen-bond donors (Lipinski definition) is 1. The Hall–Kier alpha value is -1.65. The van der Waals surface area contributed by atoms with E-state index in [0.29, 0.717) is 6.54 Å². The van der Waals surface area contributed by atoms with Crippen LogP contribution in [0.1, 0.15) is 18.9 Å². The van der Waals surface area contributed by atoms with Crippen LogP contribution >= 0.6 is 0 Å². The van der Waals surface area contributed by atoms with E-state index in [1.807, 2.05) is 6.20 Å². The highest BCUT2D eigenvalue weighted by molar-refractivity contribution is 5.94. The summed E-state index contributed by atoms with van der Waals surface area (Å²) >= 11 is 0. The predicted molar refractivity (Wildman–Crippen MR) is 90.7 cm³/mol. The van der Waals surface area contributed by atoms with E-state index >= 15 is 0 Å². The lowest BCUT2D eigenvalue weighted by Gasteiger charge is -2.24. The number of fused-ring (bicyclic) bond motifs is 1. The molecule has 0 aliphatic carbocycles. The molecule has 0 spiro atoms. The van der Waals surface area contributed by atoms with Gasteiger partial charge in [0.25, 0.3) is 0 Å². The lowest BCUT2D eigenvalue weighted by molar-refractivity contribution is 0.400. The SMILES string of the molecule is CCN(CCCN(C)C)c1ncc(CN)c2ccccc12. The zero-order chi connectivity index (χ0) is 15.2. The highest BCUT2D eigenvalue weighted by Gasteiger charge is 2.12. The third-order valence-corrected chi connectivity index (χ3v) is 3.79. The summed E-state index contributed by atoms with van der Waals surface area (Å²) in [5, 5.41) is 2.42. The molecule has 2 N–H and O–H groups in total. The highest BCUT2D eigenvalue weighted by atomic mass is 15.2. The summed E-state index contributed by atoms with van der Waals surface area (Å²) in [6, 6.07) is 8.41. The first kappa shape index (κ1) is 15.7. The number of aromatic nitrogens is 1. The number of nitrogens with two attached hydrogens (primary N) is 1. The van der Waals surface area contributed by atoms with Crippen LogP contribution in [-0.2, 0) is 6.54 Å². The van der Waals surface area contributed by atoms with E-state index in [0.717, 1.165) is 37.4 Å². The Morgan fingerprint density at radius 2 is 1.81 bits per heavy atom. The minimum Gasteiger partial charge on any atom is -0.356 e. The lowest BCUT2D eigenvalue weighted by Crippen LogP contribution is -2.28. The van der Waals surface area contributed by atoms with Crippen LogP contribution in [-0.4, -0.2) is 43.6 Å². The molecule has 0 unspecified atom stereocenters. The van der Waals surface area contributed by atoms with E-state index in [2.05, 4.69) is 60.1 Å². The smallest absolute Gasteiger partial charge is 0.136 e. The monoisotopic (exact) mass is 286 g/mol. The fraction of sp³-hybridized carbons (Fsp3) is 0.471. The molecule has 0 atom stereocenters. The maximum atomic E-state index is 5.83. The van der Waals surface area contributed by atoms with Crippen molar-refractivity contribution in [3.8, 4) is 0 Å². The minimum atomic E-state index is 0.528. The minimum absolute atomic E-state index is 0.528. The molecule has 0 saturated carbocycles. The second kappa shape index (κ2) is 7.38. The van der Waals surface area contributed by atoms with Gasteiger partial charge < -0.3 is 15.5 Å². The molecule has 0 aliphatic heterocycles. The van der Waals surface area contributed by atoms with Crippen LogP contribution in [0.2, 0.25) is 0 Å². The van der Waals surface area contributed by atoms with Gasteiger partial charge in [0.05, 0.1) is 0 Å². The van der Waals surface area contributed by atoms with Gasteiger partial charge in [-0.3, -0.25) is 0 Å². The molecule has 0 amide bonds. The number of rotatable bonds is 7. The van der Waals surface area contributed by atoms with Gasteiger partial charge in [0.2, 0.25) is 0 Å². The van der Waals surface area contributed by atoms with Crippen LogP contribution in [0.3, 0.4) is 0 Å². The molecule has 114 valence electrons. The van der Waals surface area contributed by atoms with Gasteiger partial charge >= 0.3 is 0 Å². The maximum Gasteiger partial charge on any atom is 0.136 e. The summed E-state index contributed by atoms with van der Waals surface area (Å²) in [4.78, 5) is 9.25. The molecular weight excluding hydrogens is 260 g/mol. The molecule has 21 heavy (non-hydrogen) atoms. The Morgan fingerprint density at radius 1 is 1.10 bits per heavy atom. The summed E-state index contributed by atoms with van der Waals surface area (Å²) in [5.41, 5.74) is 6.94. The fourth-order valence-electron chi connectivity index (χ4n) is 2.64. The molecule has 4 heteroatoms. The molecule has 4 nitrogen and oxygen atoms in total. The zero-order valence-electron chi connectivity index (χ0n) is 13.3. The molecule has 0 radical (unpaired) electrons. The number of anilines is 1. The van der Waals surface area contributed by atoms with Crippen molar-refractivity contribution in [3.63, 3.8) is 0 Å². The molecule has 1 aromatic heterocycles. The Morgan fingerprint density at radius 3 is 2.43 bits per heavy atom. The Balaban J connectivity index is 2.31. The van der Waals surface area contributed by atoms with Gasteiger partial charge in [-0.05, 0) is 44.9 Å². The second-order valence-corrected chi connectivity index (χ2v) is 5.59. The molecule has 0 bridgehead atoms. The Kier molecular flexibility index (Phi) is 5.53. The van der Waals surface area contributed by atoms with Crippen molar-refractivity contribution in [1.29, 1.82) is 0 Å².